The van der Waals surface area contributed by atoms with Gasteiger partial charge in [-0.2, -0.15) is 11.8 Å². The van der Waals surface area contributed by atoms with Crippen molar-refractivity contribution in [3.8, 4) is 0 Å². The van der Waals surface area contributed by atoms with E-state index < -0.39 is 0 Å². The Morgan fingerprint density at radius 1 is 1.38 bits per heavy atom. The molecule has 0 spiro atoms. The van der Waals surface area contributed by atoms with Crippen LogP contribution in [0.5, 0.6) is 0 Å². The minimum atomic E-state index is -0.158. The van der Waals surface area contributed by atoms with Crippen molar-refractivity contribution in [2.45, 2.75) is 38.0 Å². The molecule has 0 aromatic heterocycles. The Balaban J connectivity index is 1.91. The molecule has 2 nitrogen and oxygen atoms in total. The highest BCUT2D eigenvalue weighted by molar-refractivity contribution is 7.99. The highest BCUT2D eigenvalue weighted by Gasteiger charge is 2.18. The van der Waals surface area contributed by atoms with E-state index in [-0.39, 0.29) is 5.82 Å². The molecule has 2 rings (SSSR count). The molecule has 2 atom stereocenters. The second-order valence-corrected chi connectivity index (χ2v) is 7.38. The lowest BCUT2D eigenvalue weighted by Gasteiger charge is -2.32. The second kappa shape index (κ2) is 8.76. The topological polar surface area (TPSA) is 15.3 Å². The molecular formula is C17H27FN2S. The lowest BCUT2D eigenvalue weighted by molar-refractivity contribution is 0.267. The minimum Gasteiger partial charge on any atom is -0.310 e. The molecule has 0 radical (unpaired) electrons. The van der Waals surface area contributed by atoms with Crippen molar-refractivity contribution in [3.05, 3.63) is 35.6 Å². The summed E-state index contributed by atoms with van der Waals surface area (Å²) in [6.45, 7) is 8.99. The van der Waals surface area contributed by atoms with Gasteiger partial charge in [-0.15, -0.1) is 0 Å². The summed E-state index contributed by atoms with van der Waals surface area (Å²) in [6, 6.07) is 7.29. The fraction of sp³-hybridized carbons (Fsp3) is 0.647. The summed E-state index contributed by atoms with van der Waals surface area (Å²) in [4.78, 5) is 2.56. The molecule has 1 heterocycles. The van der Waals surface area contributed by atoms with Gasteiger partial charge in [0, 0.05) is 36.7 Å². The maximum atomic E-state index is 13.1. The van der Waals surface area contributed by atoms with Crippen molar-refractivity contribution in [1.82, 2.24) is 10.2 Å². The summed E-state index contributed by atoms with van der Waals surface area (Å²) in [6.07, 6.45) is 2.21. The summed E-state index contributed by atoms with van der Waals surface area (Å²) >= 11 is 2.07. The van der Waals surface area contributed by atoms with Crippen LogP contribution in [0.15, 0.2) is 24.3 Å². The summed E-state index contributed by atoms with van der Waals surface area (Å²) in [5.41, 5.74) is 1.20. The van der Waals surface area contributed by atoms with Gasteiger partial charge in [-0.3, -0.25) is 0 Å². The van der Waals surface area contributed by atoms with E-state index in [0.717, 1.165) is 31.2 Å². The van der Waals surface area contributed by atoms with Gasteiger partial charge in [-0.05, 0) is 37.1 Å². The SMILES string of the molecule is CCCNC(CCN1CCSC(C)C1)c1ccc(F)cc1. The maximum absolute atomic E-state index is 13.1. The highest BCUT2D eigenvalue weighted by atomic mass is 32.2. The monoisotopic (exact) mass is 310 g/mol. The van der Waals surface area contributed by atoms with Crippen molar-refractivity contribution in [2.75, 3.05) is 31.9 Å². The van der Waals surface area contributed by atoms with Gasteiger partial charge in [0.25, 0.3) is 0 Å². The zero-order chi connectivity index (χ0) is 15.1. The van der Waals surface area contributed by atoms with Crippen LogP contribution >= 0.6 is 11.8 Å². The average molecular weight is 310 g/mol. The first-order valence-electron chi connectivity index (χ1n) is 8.02. The normalized spacial score (nSPS) is 21.4. The van der Waals surface area contributed by atoms with Gasteiger partial charge in [0.15, 0.2) is 0 Å². The number of rotatable bonds is 7. The van der Waals surface area contributed by atoms with Gasteiger partial charge in [-0.1, -0.05) is 26.0 Å². The first kappa shape index (κ1) is 16.8. The maximum Gasteiger partial charge on any atom is 0.123 e. The molecule has 0 bridgehead atoms. The standard InChI is InChI=1S/C17H27FN2S/c1-3-9-19-17(15-4-6-16(18)7-5-15)8-10-20-11-12-21-14(2)13-20/h4-7,14,17,19H,3,8-13H2,1-2H3. The van der Waals surface area contributed by atoms with E-state index in [2.05, 4.69) is 35.8 Å². The first-order valence-corrected chi connectivity index (χ1v) is 9.06. The molecule has 1 N–H and O–H groups in total. The number of nitrogens with one attached hydrogen (secondary N) is 1. The number of benzene rings is 1. The van der Waals surface area contributed by atoms with Gasteiger partial charge in [0.1, 0.15) is 5.82 Å². The van der Waals surface area contributed by atoms with Gasteiger partial charge in [-0.25, -0.2) is 4.39 Å². The predicted molar refractivity (Wildman–Crippen MR) is 90.4 cm³/mol. The van der Waals surface area contributed by atoms with E-state index in [1.54, 1.807) is 12.1 Å². The lowest BCUT2D eigenvalue weighted by Crippen LogP contribution is -2.38. The van der Waals surface area contributed by atoms with Gasteiger partial charge < -0.3 is 10.2 Å². The zero-order valence-corrected chi connectivity index (χ0v) is 14.0. The molecule has 1 fully saturated rings. The molecule has 1 aliphatic heterocycles. The zero-order valence-electron chi connectivity index (χ0n) is 13.1. The van der Waals surface area contributed by atoms with Crippen LogP contribution < -0.4 is 5.32 Å². The Hall–Kier alpha value is -0.580. The number of hydrogen-bond donors (Lipinski definition) is 1. The lowest BCUT2D eigenvalue weighted by atomic mass is 10.0. The first-order chi connectivity index (χ1) is 10.2. The van der Waals surface area contributed by atoms with Crippen molar-refractivity contribution in [1.29, 1.82) is 0 Å². The Morgan fingerprint density at radius 3 is 2.81 bits per heavy atom. The van der Waals surface area contributed by atoms with Crippen LogP contribution in [0, 0.1) is 5.82 Å². The van der Waals surface area contributed by atoms with Gasteiger partial charge in [0.2, 0.25) is 0 Å². The smallest absolute Gasteiger partial charge is 0.123 e. The Bertz CT molecular complexity index is 410. The van der Waals surface area contributed by atoms with Crippen molar-refractivity contribution >= 4 is 11.8 Å². The van der Waals surface area contributed by atoms with Crippen LogP contribution in [0.4, 0.5) is 4.39 Å². The number of nitrogens with zero attached hydrogens (tertiary/aromatic N) is 1. The third-order valence-corrected chi connectivity index (χ3v) is 5.11. The van der Waals surface area contributed by atoms with E-state index in [1.807, 2.05) is 12.1 Å². The van der Waals surface area contributed by atoms with E-state index in [9.17, 15) is 4.39 Å². The third-order valence-electron chi connectivity index (χ3n) is 3.97. The average Bonchev–Trinajstić information content (AvgIpc) is 2.49. The van der Waals surface area contributed by atoms with E-state index in [1.165, 1.54) is 24.4 Å². The van der Waals surface area contributed by atoms with Crippen molar-refractivity contribution in [3.63, 3.8) is 0 Å². The predicted octanol–water partition coefficient (Wildman–Crippen LogP) is 3.69. The third kappa shape index (κ3) is 5.61. The number of halogens is 1. The summed E-state index contributed by atoms with van der Waals surface area (Å²) in [5, 5.41) is 4.34. The minimum absolute atomic E-state index is 0.158. The second-order valence-electron chi connectivity index (χ2n) is 5.83. The molecule has 118 valence electrons. The van der Waals surface area contributed by atoms with Crippen LogP contribution in [0.3, 0.4) is 0 Å². The Morgan fingerprint density at radius 2 is 2.14 bits per heavy atom. The van der Waals surface area contributed by atoms with Crippen molar-refractivity contribution < 1.29 is 4.39 Å². The number of hydrogen-bond acceptors (Lipinski definition) is 3. The summed E-state index contributed by atoms with van der Waals surface area (Å²) in [7, 11) is 0. The molecule has 0 amide bonds. The molecule has 1 aromatic rings. The molecule has 1 aromatic carbocycles. The molecule has 1 saturated heterocycles. The van der Waals surface area contributed by atoms with Crippen LogP contribution in [0.1, 0.15) is 38.3 Å². The molecule has 1 aliphatic rings. The molecule has 2 unspecified atom stereocenters. The molecule has 4 heteroatoms. The van der Waals surface area contributed by atoms with Crippen molar-refractivity contribution in [2.24, 2.45) is 0 Å². The summed E-state index contributed by atoms with van der Waals surface area (Å²) in [5.74, 6) is 1.08. The molecule has 0 saturated carbocycles. The Labute approximate surface area is 132 Å². The summed E-state index contributed by atoms with van der Waals surface area (Å²) < 4.78 is 13.1. The van der Waals surface area contributed by atoms with Gasteiger partial charge in [0.05, 0.1) is 0 Å². The van der Waals surface area contributed by atoms with E-state index >= 15 is 0 Å². The van der Waals surface area contributed by atoms with Crippen LogP contribution in [-0.2, 0) is 0 Å². The van der Waals surface area contributed by atoms with Crippen LogP contribution in [0.2, 0.25) is 0 Å². The highest BCUT2D eigenvalue weighted by Crippen LogP contribution is 2.21. The fourth-order valence-corrected chi connectivity index (χ4v) is 3.89. The Kier molecular flexibility index (Phi) is 7.00. The fourth-order valence-electron chi connectivity index (χ4n) is 2.81. The largest absolute Gasteiger partial charge is 0.310 e. The molecule has 0 aliphatic carbocycles. The quantitative estimate of drug-likeness (QED) is 0.827. The van der Waals surface area contributed by atoms with Crippen LogP contribution in [-0.4, -0.2) is 42.1 Å². The van der Waals surface area contributed by atoms with E-state index in [0.29, 0.717) is 6.04 Å². The molecular weight excluding hydrogens is 283 g/mol. The van der Waals surface area contributed by atoms with Gasteiger partial charge >= 0.3 is 0 Å². The number of thioether (sulfide) groups is 1. The molecule has 21 heavy (non-hydrogen) atoms. The van der Waals surface area contributed by atoms with E-state index in [4.69, 9.17) is 0 Å². The van der Waals surface area contributed by atoms with Crippen LogP contribution in [0.25, 0.3) is 0 Å².